The summed E-state index contributed by atoms with van der Waals surface area (Å²) in [6.07, 6.45) is 5.57. The predicted octanol–water partition coefficient (Wildman–Crippen LogP) is 1.36. The highest BCUT2D eigenvalue weighted by Gasteiger charge is 2.57. The number of hydrogen-bond donors (Lipinski definition) is 1. The van der Waals surface area contributed by atoms with Gasteiger partial charge in [0.2, 0.25) is 5.91 Å². The molecule has 1 aliphatic heterocycles. The number of pyridine rings is 1. The third kappa shape index (κ3) is 2.24. The van der Waals surface area contributed by atoms with Crippen molar-refractivity contribution in [2.24, 2.45) is 17.8 Å². The van der Waals surface area contributed by atoms with Crippen LogP contribution in [0.1, 0.15) is 19.3 Å². The highest BCUT2D eigenvalue weighted by Crippen LogP contribution is 2.58. The lowest BCUT2D eigenvalue weighted by Crippen LogP contribution is -2.49. The van der Waals surface area contributed by atoms with Crippen LogP contribution in [0, 0.1) is 17.8 Å². The molecule has 112 valence electrons. The van der Waals surface area contributed by atoms with Crippen molar-refractivity contribution in [2.45, 2.75) is 19.3 Å². The molecule has 3 aliphatic rings. The number of carbonyl (C=O) groups is 1. The summed E-state index contributed by atoms with van der Waals surface area (Å²) >= 11 is 0. The number of hydrogen-bond acceptors (Lipinski definition) is 4. The second-order valence-corrected chi connectivity index (χ2v) is 6.55. The quantitative estimate of drug-likeness (QED) is 0.891. The van der Waals surface area contributed by atoms with Crippen LogP contribution in [0.2, 0.25) is 0 Å². The Bertz CT molecular complexity index is 526. The average Bonchev–Trinajstić information content (AvgIpc) is 2.99. The van der Waals surface area contributed by atoms with Gasteiger partial charge in [0, 0.05) is 32.1 Å². The van der Waals surface area contributed by atoms with Crippen LogP contribution in [0.25, 0.3) is 0 Å². The van der Waals surface area contributed by atoms with E-state index in [0.717, 1.165) is 32.0 Å². The van der Waals surface area contributed by atoms with Crippen molar-refractivity contribution in [3.8, 4) is 0 Å². The van der Waals surface area contributed by atoms with Crippen LogP contribution in [-0.2, 0) is 4.79 Å². The minimum atomic E-state index is 0.361. The van der Waals surface area contributed by atoms with Crippen molar-refractivity contribution in [3.05, 3.63) is 18.3 Å². The van der Waals surface area contributed by atoms with Gasteiger partial charge in [0.1, 0.15) is 5.82 Å². The Hall–Kier alpha value is -1.78. The molecule has 1 aromatic heterocycles. The molecule has 2 aliphatic carbocycles. The van der Waals surface area contributed by atoms with Crippen molar-refractivity contribution in [1.29, 1.82) is 0 Å². The van der Waals surface area contributed by atoms with E-state index in [1.165, 1.54) is 19.3 Å². The van der Waals surface area contributed by atoms with E-state index >= 15 is 0 Å². The first-order chi connectivity index (χ1) is 10.2. The van der Waals surface area contributed by atoms with Crippen molar-refractivity contribution < 1.29 is 4.79 Å². The fourth-order valence-corrected chi connectivity index (χ4v) is 4.14. The molecule has 0 aromatic carbocycles. The monoisotopic (exact) mass is 286 g/mol. The van der Waals surface area contributed by atoms with E-state index in [-0.39, 0.29) is 0 Å². The second-order valence-electron chi connectivity index (χ2n) is 6.55. The lowest BCUT2D eigenvalue weighted by Gasteiger charge is -2.35. The zero-order valence-corrected chi connectivity index (χ0v) is 12.2. The van der Waals surface area contributed by atoms with Crippen LogP contribution in [-0.4, -0.2) is 42.0 Å². The largest absolute Gasteiger partial charge is 0.397 e. The molecular weight excluding hydrogens is 264 g/mol. The summed E-state index contributed by atoms with van der Waals surface area (Å²) in [6.45, 7) is 3.37. The van der Waals surface area contributed by atoms with E-state index < -0.39 is 0 Å². The summed E-state index contributed by atoms with van der Waals surface area (Å²) in [7, 11) is 0. The van der Waals surface area contributed by atoms with E-state index in [0.29, 0.717) is 29.3 Å². The van der Waals surface area contributed by atoms with Crippen LogP contribution < -0.4 is 10.6 Å². The van der Waals surface area contributed by atoms with E-state index in [9.17, 15) is 4.79 Å². The molecule has 0 spiro atoms. The Morgan fingerprint density at radius 1 is 1.14 bits per heavy atom. The topological polar surface area (TPSA) is 62.5 Å². The van der Waals surface area contributed by atoms with Gasteiger partial charge in [-0.15, -0.1) is 0 Å². The lowest BCUT2D eigenvalue weighted by atomic mass is 10.1. The number of piperazine rings is 1. The highest BCUT2D eigenvalue weighted by atomic mass is 16.2. The molecule has 4 rings (SSSR count). The van der Waals surface area contributed by atoms with Crippen molar-refractivity contribution in [1.82, 2.24) is 9.88 Å². The summed E-state index contributed by atoms with van der Waals surface area (Å²) < 4.78 is 0. The molecule has 1 amide bonds. The summed E-state index contributed by atoms with van der Waals surface area (Å²) in [6, 6.07) is 3.84. The number of nitrogen functional groups attached to an aromatic ring is 1. The number of anilines is 2. The third-order valence-corrected chi connectivity index (χ3v) is 5.38. The van der Waals surface area contributed by atoms with E-state index in [4.69, 9.17) is 5.73 Å². The van der Waals surface area contributed by atoms with Crippen LogP contribution in [0.3, 0.4) is 0 Å². The molecule has 0 bridgehead atoms. The number of rotatable bonds is 2. The first kappa shape index (κ1) is 12.9. The maximum Gasteiger partial charge on any atom is 0.226 e. The second kappa shape index (κ2) is 4.90. The molecule has 1 saturated heterocycles. The van der Waals surface area contributed by atoms with Gasteiger partial charge in [0.15, 0.2) is 0 Å². The number of nitrogens with zero attached hydrogens (tertiary/aromatic N) is 3. The van der Waals surface area contributed by atoms with Gasteiger partial charge in [-0.05, 0) is 36.8 Å². The number of fused-ring (bicyclic) bond motifs is 1. The molecule has 5 heteroatoms. The first-order valence-electron chi connectivity index (χ1n) is 7.99. The molecule has 21 heavy (non-hydrogen) atoms. The maximum absolute atomic E-state index is 12.5. The predicted molar refractivity (Wildman–Crippen MR) is 81.8 cm³/mol. The first-order valence-corrected chi connectivity index (χ1v) is 7.99. The minimum Gasteiger partial charge on any atom is -0.397 e. The zero-order valence-electron chi connectivity index (χ0n) is 12.2. The molecule has 1 aromatic rings. The lowest BCUT2D eigenvalue weighted by molar-refractivity contribution is -0.133. The van der Waals surface area contributed by atoms with Crippen LogP contribution in [0.15, 0.2) is 18.3 Å². The van der Waals surface area contributed by atoms with E-state index in [1.807, 2.05) is 12.1 Å². The molecular formula is C16H22N4O. The maximum atomic E-state index is 12.5. The summed E-state index contributed by atoms with van der Waals surface area (Å²) in [5.74, 6) is 3.16. The Morgan fingerprint density at radius 3 is 2.48 bits per heavy atom. The smallest absolute Gasteiger partial charge is 0.226 e. The standard InChI is InChI=1S/C16H22N4O/c17-11-4-5-14(18-10-11)19-6-8-20(9-7-19)16(21)15-12-2-1-3-13(12)15/h4-5,10,12-13,15H,1-3,6-9,17H2. The molecule has 5 nitrogen and oxygen atoms in total. The summed E-state index contributed by atoms with van der Waals surface area (Å²) in [4.78, 5) is 21.2. The fraction of sp³-hybridized carbons (Fsp3) is 0.625. The van der Waals surface area contributed by atoms with Crippen molar-refractivity contribution in [2.75, 3.05) is 36.8 Å². The molecule has 2 saturated carbocycles. The van der Waals surface area contributed by atoms with E-state index in [1.54, 1.807) is 6.20 Å². The average molecular weight is 286 g/mol. The number of amides is 1. The van der Waals surface area contributed by atoms with Gasteiger partial charge in [-0.25, -0.2) is 4.98 Å². The van der Waals surface area contributed by atoms with Crippen molar-refractivity contribution >= 4 is 17.4 Å². The van der Waals surface area contributed by atoms with Crippen LogP contribution >= 0.6 is 0 Å². The zero-order chi connectivity index (χ0) is 14.4. The summed E-state index contributed by atoms with van der Waals surface area (Å²) in [5.41, 5.74) is 6.36. The Balaban J connectivity index is 1.34. The van der Waals surface area contributed by atoms with Crippen LogP contribution in [0.5, 0.6) is 0 Å². The molecule has 2 N–H and O–H groups in total. The van der Waals surface area contributed by atoms with Crippen molar-refractivity contribution in [3.63, 3.8) is 0 Å². The number of carbonyl (C=O) groups excluding carboxylic acids is 1. The normalized spacial score (nSPS) is 31.1. The molecule has 3 fully saturated rings. The number of nitrogens with two attached hydrogens (primary N) is 1. The van der Waals surface area contributed by atoms with Gasteiger partial charge in [-0.1, -0.05) is 6.42 Å². The minimum absolute atomic E-state index is 0.361. The fourth-order valence-electron chi connectivity index (χ4n) is 4.14. The van der Waals surface area contributed by atoms with Gasteiger partial charge in [0.25, 0.3) is 0 Å². The Morgan fingerprint density at radius 2 is 1.86 bits per heavy atom. The molecule has 2 heterocycles. The van der Waals surface area contributed by atoms with Gasteiger partial charge in [0.05, 0.1) is 11.9 Å². The number of aromatic nitrogens is 1. The van der Waals surface area contributed by atoms with Crippen LogP contribution in [0.4, 0.5) is 11.5 Å². The SMILES string of the molecule is Nc1ccc(N2CCN(C(=O)C3C4CCCC43)CC2)nc1. The van der Waals surface area contributed by atoms with Gasteiger partial charge in [-0.2, -0.15) is 0 Å². The van der Waals surface area contributed by atoms with E-state index in [2.05, 4.69) is 14.8 Å². The highest BCUT2D eigenvalue weighted by molar-refractivity contribution is 5.82. The Kier molecular flexibility index (Phi) is 3.01. The third-order valence-electron chi connectivity index (χ3n) is 5.38. The van der Waals surface area contributed by atoms with Gasteiger partial charge >= 0.3 is 0 Å². The Labute approximate surface area is 125 Å². The summed E-state index contributed by atoms with van der Waals surface area (Å²) in [5, 5.41) is 0. The molecule has 2 unspecified atom stereocenters. The molecule has 2 atom stereocenters. The van der Waals surface area contributed by atoms with Gasteiger partial charge in [-0.3, -0.25) is 4.79 Å². The molecule has 0 radical (unpaired) electrons. The van der Waals surface area contributed by atoms with Gasteiger partial charge < -0.3 is 15.5 Å².